The van der Waals surface area contributed by atoms with E-state index in [2.05, 4.69) is 34.9 Å². The molecule has 0 aliphatic heterocycles. The van der Waals surface area contributed by atoms with Gasteiger partial charge in [0.1, 0.15) is 6.61 Å². The zero-order valence-corrected chi connectivity index (χ0v) is 18.9. The van der Waals surface area contributed by atoms with Crippen LogP contribution in [0.25, 0.3) is 11.1 Å². The van der Waals surface area contributed by atoms with E-state index < -0.39 is 12.1 Å². The summed E-state index contributed by atoms with van der Waals surface area (Å²) in [6.07, 6.45) is 0.171. The highest BCUT2D eigenvalue weighted by molar-refractivity contribution is 5.80. The lowest BCUT2D eigenvalue weighted by molar-refractivity contribution is -0.139. The lowest BCUT2D eigenvalue weighted by atomic mass is 9.98. The highest BCUT2D eigenvalue weighted by Crippen LogP contribution is 2.44. The third-order valence-electron chi connectivity index (χ3n) is 6.66. The van der Waals surface area contributed by atoms with Gasteiger partial charge in [-0.05, 0) is 40.5 Å². The van der Waals surface area contributed by atoms with E-state index in [1.165, 1.54) is 11.1 Å². The summed E-state index contributed by atoms with van der Waals surface area (Å²) in [5, 5.41) is 14.6. The van der Waals surface area contributed by atoms with Gasteiger partial charge >= 0.3 is 12.1 Å². The van der Waals surface area contributed by atoms with Gasteiger partial charge in [0, 0.05) is 24.9 Å². The van der Waals surface area contributed by atoms with Crippen molar-refractivity contribution in [2.75, 3.05) is 13.2 Å². The average Bonchev–Trinajstić information content (AvgIpc) is 3.51. The number of hydrogen-bond acceptors (Lipinski definition) is 4. The Labute approximate surface area is 193 Å². The Morgan fingerprint density at radius 1 is 1.03 bits per heavy atom. The largest absolute Gasteiger partial charge is 0.481 e. The molecule has 1 saturated carbocycles. The molecule has 33 heavy (non-hydrogen) atoms. The fourth-order valence-corrected chi connectivity index (χ4v) is 4.54. The van der Waals surface area contributed by atoms with Crippen LogP contribution in [-0.2, 0) is 14.3 Å². The quantitative estimate of drug-likeness (QED) is 0.539. The van der Waals surface area contributed by atoms with Gasteiger partial charge in [0.05, 0.1) is 5.92 Å². The first-order valence-corrected chi connectivity index (χ1v) is 11.5. The summed E-state index contributed by atoms with van der Waals surface area (Å²) in [5.41, 5.74) is 4.62. The molecule has 0 radical (unpaired) electrons. The summed E-state index contributed by atoms with van der Waals surface area (Å²) in [4.78, 5) is 35.8. The highest BCUT2D eigenvalue weighted by Gasteiger charge is 2.43. The Kier molecular flexibility index (Phi) is 6.67. The molecule has 7 heteroatoms. The topological polar surface area (TPSA) is 105 Å². The standard InChI is InChI=1S/C26H30N2O5/c1-15(2)23(12-24(29)27-13-16-11-21(16)25(30)31)28-26(32)33-14-22-19-9-5-3-7-17(19)18-8-4-6-10-20(18)22/h3-10,15-16,21-23H,11-14H2,1-2H3,(H,27,29)(H,28,32)(H,30,31)/t16-,21-,23+/m1/s1. The minimum atomic E-state index is -0.814. The van der Waals surface area contributed by atoms with Crippen LogP contribution in [0.3, 0.4) is 0 Å². The second kappa shape index (κ2) is 9.65. The summed E-state index contributed by atoms with van der Waals surface area (Å²) in [5.74, 6) is -1.37. The molecular weight excluding hydrogens is 420 g/mol. The Bertz CT molecular complexity index is 1000. The fourth-order valence-electron chi connectivity index (χ4n) is 4.54. The Morgan fingerprint density at radius 2 is 1.64 bits per heavy atom. The predicted octanol–water partition coefficient (Wildman–Crippen LogP) is 3.78. The van der Waals surface area contributed by atoms with E-state index in [4.69, 9.17) is 9.84 Å². The number of alkyl carbamates (subject to hydrolysis) is 1. The lowest BCUT2D eigenvalue weighted by Gasteiger charge is -2.22. The van der Waals surface area contributed by atoms with E-state index in [-0.39, 0.29) is 48.6 Å². The second-order valence-corrected chi connectivity index (χ2v) is 9.27. The van der Waals surface area contributed by atoms with E-state index in [1.54, 1.807) is 0 Å². The fraction of sp³-hybridized carbons (Fsp3) is 0.423. The van der Waals surface area contributed by atoms with Gasteiger partial charge in [-0.15, -0.1) is 0 Å². The molecule has 2 amide bonds. The zero-order valence-electron chi connectivity index (χ0n) is 18.9. The van der Waals surface area contributed by atoms with E-state index in [0.29, 0.717) is 13.0 Å². The number of benzene rings is 2. The molecule has 7 nitrogen and oxygen atoms in total. The van der Waals surface area contributed by atoms with Gasteiger partial charge in [-0.2, -0.15) is 0 Å². The van der Waals surface area contributed by atoms with E-state index in [9.17, 15) is 14.4 Å². The van der Waals surface area contributed by atoms with Gasteiger partial charge in [0.25, 0.3) is 0 Å². The molecule has 2 aliphatic rings. The maximum atomic E-state index is 12.6. The van der Waals surface area contributed by atoms with E-state index in [0.717, 1.165) is 11.1 Å². The van der Waals surface area contributed by atoms with Gasteiger partial charge in [0.2, 0.25) is 5.91 Å². The van der Waals surface area contributed by atoms with Crippen LogP contribution in [0.4, 0.5) is 4.79 Å². The minimum absolute atomic E-state index is 0.000888. The number of ether oxygens (including phenoxy) is 1. The first-order chi connectivity index (χ1) is 15.8. The highest BCUT2D eigenvalue weighted by atomic mass is 16.5. The van der Waals surface area contributed by atoms with E-state index >= 15 is 0 Å². The summed E-state index contributed by atoms with van der Waals surface area (Å²) < 4.78 is 5.60. The first-order valence-electron chi connectivity index (χ1n) is 11.5. The third kappa shape index (κ3) is 5.18. The van der Waals surface area contributed by atoms with Gasteiger partial charge in [-0.3, -0.25) is 9.59 Å². The van der Waals surface area contributed by atoms with Crippen molar-refractivity contribution in [2.24, 2.45) is 17.8 Å². The molecule has 3 atom stereocenters. The molecule has 0 bridgehead atoms. The summed E-state index contributed by atoms with van der Waals surface area (Å²) >= 11 is 0. The molecule has 0 aromatic heterocycles. The van der Waals surface area contributed by atoms with Gasteiger partial charge < -0.3 is 20.5 Å². The van der Waals surface area contributed by atoms with Gasteiger partial charge in [-0.25, -0.2) is 4.79 Å². The van der Waals surface area contributed by atoms with Crippen LogP contribution in [-0.4, -0.2) is 42.3 Å². The molecule has 0 spiro atoms. The van der Waals surface area contributed by atoms with Crippen molar-refractivity contribution >= 4 is 18.0 Å². The van der Waals surface area contributed by atoms with Crippen molar-refractivity contribution in [3.8, 4) is 11.1 Å². The smallest absolute Gasteiger partial charge is 0.407 e. The summed E-state index contributed by atoms with van der Waals surface area (Å²) in [6, 6.07) is 15.9. The maximum absolute atomic E-state index is 12.6. The molecule has 2 aromatic rings. The number of nitrogens with one attached hydrogen (secondary N) is 2. The number of fused-ring (bicyclic) bond motifs is 3. The molecule has 0 heterocycles. The van der Waals surface area contributed by atoms with Crippen LogP contribution in [0.5, 0.6) is 0 Å². The number of carboxylic acids is 1. The van der Waals surface area contributed by atoms with Gasteiger partial charge in [0.15, 0.2) is 0 Å². The number of carboxylic acid groups (broad SMARTS) is 1. The normalized spacial score (nSPS) is 19.4. The Morgan fingerprint density at radius 3 is 2.18 bits per heavy atom. The Hall–Kier alpha value is -3.35. The van der Waals surface area contributed by atoms with Crippen molar-refractivity contribution in [3.63, 3.8) is 0 Å². The maximum Gasteiger partial charge on any atom is 0.407 e. The number of aliphatic carboxylic acids is 1. The average molecular weight is 451 g/mol. The van der Waals surface area contributed by atoms with Crippen LogP contribution >= 0.6 is 0 Å². The van der Waals surface area contributed by atoms with Crippen molar-refractivity contribution in [1.29, 1.82) is 0 Å². The molecule has 0 saturated heterocycles. The van der Waals surface area contributed by atoms with Crippen LogP contribution in [0.1, 0.15) is 43.7 Å². The van der Waals surface area contributed by atoms with Crippen molar-refractivity contribution in [1.82, 2.24) is 10.6 Å². The number of rotatable bonds is 9. The molecule has 0 unspecified atom stereocenters. The lowest BCUT2D eigenvalue weighted by Crippen LogP contribution is -2.43. The molecule has 3 N–H and O–H groups in total. The molecule has 4 rings (SSSR count). The summed E-state index contributed by atoms with van der Waals surface area (Å²) in [7, 11) is 0. The second-order valence-electron chi connectivity index (χ2n) is 9.27. The SMILES string of the molecule is CC(C)[C@H](CC(=O)NC[C@H]1C[C@H]1C(=O)O)NC(=O)OCC1c2ccccc2-c2ccccc21. The van der Waals surface area contributed by atoms with Crippen LogP contribution < -0.4 is 10.6 Å². The van der Waals surface area contributed by atoms with Crippen molar-refractivity contribution in [2.45, 2.75) is 38.6 Å². The molecular formula is C26H30N2O5. The van der Waals surface area contributed by atoms with Crippen LogP contribution in [0.2, 0.25) is 0 Å². The van der Waals surface area contributed by atoms with Gasteiger partial charge in [-0.1, -0.05) is 62.4 Å². The van der Waals surface area contributed by atoms with Crippen LogP contribution in [0.15, 0.2) is 48.5 Å². The molecule has 174 valence electrons. The van der Waals surface area contributed by atoms with Crippen LogP contribution in [0, 0.1) is 17.8 Å². The first kappa shape index (κ1) is 22.8. The number of amides is 2. The predicted molar refractivity (Wildman–Crippen MR) is 124 cm³/mol. The number of carbonyl (C=O) groups excluding carboxylic acids is 2. The minimum Gasteiger partial charge on any atom is -0.481 e. The zero-order chi connectivity index (χ0) is 23.5. The monoisotopic (exact) mass is 450 g/mol. The third-order valence-corrected chi connectivity index (χ3v) is 6.66. The van der Waals surface area contributed by atoms with E-state index in [1.807, 2.05) is 38.1 Å². The number of hydrogen-bond donors (Lipinski definition) is 3. The number of carbonyl (C=O) groups is 3. The molecule has 2 aliphatic carbocycles. The Balaban J connectivity index is 1.30. The summed E-state index contributed by atoms with van der Waals surface area (Å²) in [6.45, 7) is 4.44. The molecule has 1 fully saturated rings. The van der Waals surface area contributed by atoms with Crippen molar-refractivity contribution in [3.05, 3.63) is 59.7 Å². The van der Waals surface area contributed by atoms with Crippen molar-refractivity contribution < 1.29 is 24.2 Å². The molecule has 2 aromatic carbocycles.